The fourth-order valence-electron chi connectivity index (χ4n) is 11.4. The minimum absolute atomic E-state index is 0.0750. The molecule has 4 aliphatic heterocycles. The molecule has 25 heteroatoms. The number of rotatable bonds is 11. The first-order valence-corrected chi connectivity index (χ1v) is 27.5. The van der Waals surface area contributed by atoms with Crippen LogP contribution in [0.5, 0.6) is 11.5 Å². The van der Waals surface area contributed by atoms with Crippen molar-refractivity contribution in [2.75, 3.05) is 52.4 Å². The number of carbonyl (C=O) groups excluding carboxylic acids is 4. The summed E-state index contributed by atoms with van der Waals surface area (Å²) in [5.74, 6) is -1.21. The number of alkyl halides is 7. The zero-order valence-corrected chi connectivity index (χ0v) is 46.3. The first kappa shape index (κ1) is 58.2. The highest BCUT2D eigenvalue weighted by molar-refractivity contribution is 5.95. The lowest BCUT2D eigenvalue weighted by Crippen LogP contribution is -2.46. The molecule has 2 aromatic carbocycles. The van der Waals surface area contributed by atoms with Crippen molar-refractivity contribution < 1.29 is 68.9 Å². The van der Waals surface area contributed by atoms with Gasteiger partial charge in [0.05, 0.1) is 23.5 Å². The average Bonchev–Trinajstić information content (AvgIpc) is 3.86. The van der Waals surface area contributed by atoms with E-state index in [1.165, 1.54) is 29.2 Å². The molecule has 6 aromatic rings. The SMILES string of the molecule is CC(C)(C)OC(=O)N1CCC(c2nc3nc(CC(C)(C)OC(=O)N4CC=C(c5nc6nccc(C7CCN(C(=O)c8ccc(OC(F)(F)F)cc8)CC7)c6[nH]5)CC4)cc(C4CCN(C(=O)c5ccc(OC(F)(F)F)cc5)CC4)c3[nH]2)C(F)C1. The highest BCUT2D eigenvalue weighted by atomic mass is 19.4. The van der Waals surface area contributed by atoms with Gasteiger partial charge in [-0.1, -0.05) is 6.08 Å². The number of hydrogen-bond acceptors (Lipinski definition) is 12. The van der Waals surface area contributed by atoms with Crippen LogP contribution in [0.1, 0.15) is 140 Å². The summed E-state index contributed by atoms with van der Waals surface area (Å²) in [4.78, 5) is 85.8. The van der Waals surface area contributed by atoms with E-state index >= 15 is 4.39 Å². The van der Waals surface area contributed by atoms with Gasteiger partial charge < -0.3 is 48.5 Å². The van der Waals surface area contributed by atoms with Crippen molar-refractivity contribution in [2.45, 2.75) is 127 Å². The number of aromatic nitrogens is 6. The van der Waals surface area contributed by atoms with Crippen LogP contribution in [-0.4, -0.2) is 156 Å². The number of carbonyl (C=O) groups is 4. The van der Waals surface area contributed by atoms with Gasteiger partial charge in [0.2, 0.25) is 0 Å². The molecule has 8 heterocycles. The number of halogens is 7. The topological polar surface area (TPSA) is 201 Å². The second-order valence-corrected chi connectivity index (χ2v) is 23.1. The number of likely N-dealkylation sites (tertiary alicyclic amines) is 3. The van der Waals surface area contributed by atoms with Gasteiger partial charge >= 0.3 is 24.9 Å². The minimum atomic E-state index is -4.87. The van der Waals surface area contributed by atoms with Crippen LogP contribution in [0.2, 0.25) is 0 Å². The van der Waals surface area contributed by atoms with Crippen LogP contribution in [-0.2, 0) is 15.9 Å². The van der Waals surface area contributed by atoms with Gasteiger partial charge in [-0.15, -0.1) is 26.3 Å². The molecule has 4 aromatic heterocycles. The molecule has 442 valence electrons. The van der Waals surface area contributed by atoms with Crippen LogP contribution in [0.3, 0.4) is 0 Å². The summed E-state index contributed by atoms with van der Waals surface area (Å²) in [5, 5.41) is 0. The van der Waals surface area contributed by atoms with Gasteiger partial charge in [-0.25, -0.2) is 33.9 Å². The van der Waals surface area contributed by atoms with E-state index < -0.39 is 59.7 Å². The molecule has 2 atom stereocenters. The van der Waals surface area contributed by atoms with Crippen molar-refractivity contribution >= 4 is 51.9 Å². The van der Waals surface area contributed by atoms with E-state index in [1.807, 2.05) is 18.2 Å². The van der Waals surface area contributed by atoms with E-state index in [9.17, 15) is 45.5 Å². The van der Waals surface area contributed by atoms with Gasteiger partial charge in [0.25, 0.3) is 11.8 Å². The molecule has 0 radical (unpaired) electrons. The number of fused-ring (bicyclic) bond motifs is 2. The molecular weight excluding hydrogens is 1100 g/mol. The second-order valence-electron chi connectivity index (χ2n) is 23.1. The fraction of sp³-hybridized carbons (Fsp3) is 0.483. The molecule has 18 nitrogen and oxygen atoms in total. The highest BCUT2D eigenvalue weighted by Gasteiger charge is 2.39. The second kappa shape index (κ2) is 23.0. The number of hydrogen-bond donors (Lipinski definition) is 2. The van der Waals surface area contributed by atoms with Crippen LogP contribution in [0.4, 0.5) is 40.3 Å². The first-order chi connectivity index (χ1) is 39.2. The molecule has 2 N–H and O–H groups in total. The summed E-state index contributed by atoms with van der Waals surface area (Å²) in [5.41, 5.74) is 4.16. The zero-order valence-electron chi connectivity index (χ0n) is 46.3. The van der Waals surface area contributed by atoms with Crippen LogP contribution in [0.25, 0.3) is 27.9 Å². The molecule has 83 heavy (non-hydrogen) atoms. The van der Waals surface area contributed by atoms with Crippen molar-refractivity contribution in [2.24, 2.45) is 0 Å². The number of aromatic amines is 2. The lowest BCUT2D eigenvalue weighted by atomic mass is 9.87. The van der Waals surface area contributed by atoms with Gasteiger partial charge in [0.15, 0.2) is 11.3 Å². The molecule has 0 aliphatic carbocycles. The molecular formula is C58H63F7N10O8. The summed E-state index contributed by atoms with van der Waals surface area (Å²) in [7, 11) is 0. The Hall–Kier alpha value is -7.99. The Labute approximate surface area is 472 Å². The number of piperidine rings is 3. The maximum absolute atomic E-state index is 16.1. The predicted octanol–water partition coefficient (Wildman–Crippen LogP) is 11.4. The van der Waals surface area contributed by atoms with E-state index in [2.05, 4.69) is 24.4 Å². The number of pyridine rings is 2. The largest absolute Gasteiger partial charge is 0.573 e. The standard InChI is InChI=1S/C58H63F7N10O8/c1-55(2,3)82-54(79)75-29-21-42(44(59)32-75)48-69-46-43(34-17-25-73(26-18-34)52(77)37-8-12-40(13-9-37)81-58(63,64)65)30-38(67-50(46)71-48)31-56(4,5)83-53(78)74-27-19-35(20-28-74)47-68-45-41(14-22-66-49(45)70-47)33-15-23-72(24-16-33)51(76)36-6-10-39(11-7-36)80-57(60,61)62/h6-14,19,22,30,33-34,42,44H,15-18,20-21,23-29,31-32H2,1-5H3,(H,66,68,70)(H,67,69,71). The third kappa shape index (κ3) is 13.9. The van der Waals surface area contributed by atoms with Crippen molar-refractivity contribution in [3.63, 3.8) is 0 Å². The Morgan fingerprint density at radius 3 is 1.69 bits per heavy atom. The maximum atomic E-state index is 16.1. The predicted molar refractivity (Wildman–Crippen MR) is 288 cm³/mol. The number of benzene rings is 2. The number of amides is 4. The van der Waals surface area contributed by atoms with Crippen molar-refractivity contribution in [1.82, 2.24) is 49.5 Å². The lowest BCUT2D eigenvalue weighted by molar-refractivity contribution is -0.275. The third-order valence-electron chi connectivity index (χ3n) is 15.4. The molecule has 4 amide bonds. The molecule has 3 fully saturated rings. The summed E-state index contributed by atoms with van der Waals surface area (Å²) >= 11 is 0. The quantitative estimate of drug-likeness (QED) is 0.116. The minimum Gasteiger partial charge on any atom is -0.444 e. The average molecular weight is 1160 g/mol. The van der Waals surface area contributed by atoms with Crippen molar-refractivity contribution in [1.29, 1.82) is 0 Å². The van der Waals surface area contributed by atoms with E-state index in [-0.39, 0.29) is 67.3 Å². The number of nitrogens with one attached hydrogen (secondary N) is 2. The Morgan fingerprint density at radius 2 is 1.16 bits per heavy atom. The Bertz CT molecular complexity index is 3400. The van der Waals surface area contributed by atoms with Crippen LogP contribution < -0.4 is 9.47 Å². The first-order valence-electron chi connectivity index (χ1n) is 27.5. The van der Waals surface area contributed by atoms with Gasteiger partial charge in [0, 0.05) is 75.3 Å². The van der Waals surface area contributed by atoms with Gasteiger partial charge in [-0.3, -0.25) is 9.59 Å². The van der Waals surface area contributed by atoms with Crippen LogP contribution in [0, 0.1) is 0 Å². The van der Waals surface area contributed by atoms with Crippen LogP contribution in [0.15, 0.2) is 72.9 Å². The third-order valence-corrected chi connectivity index (χ3v) is 15.4. The van der Waals surface area contributed by atoms with E-state index in [0.717, 1.165) is 46.5 Å². The van der Waals surface area contributed by atoms with Gasteiger partial charge in [0.1, 0.15) is 40.5 Å². The molecule has 3 saturated heterocycles. The Balaban J connectivity index is 0.796. The monoisotopic (exact) mass is 1160 g/mol. The number of H-pyrrole nitrogens is 2. The van der Waals surface area contributed by atoms with Crippen molar-refractivity contribution in [3.8, 4) is 11.5 Å². The molecule has 0 bridgehead atoms. The van der Waals surface area contributed by atoms with Crippen LogP contribution >= 0.6 is 0 Å². The normalized spacial score (nSPS) is 19.0. The number of ether oxygens (including phenoxy) is 4. The molecule has 4 aliphatic rings. The van der Waals surface area contributed by atoms with Gasteiger partial charge in [-0.05, 0) is 162 Å². The smallest absolute Gasteiger partial charge is 0.444 e. The summed E-state index contributed by atoms with van der Waals surface area (Å²) < 4.78 is 112. The highest BCUT2D eigenvalue weighted by Crippen LogP contribution is 2.39. The number of nitrogens with zero attached hydrogens (tertiary/aromatic N) is 8. The Kier molecular flexibility index (Phi) is 16.1. The van der Waals surface area contributed by atoms with E-state index in [0.29, 0.717) is 99.0 Å². The molecule has 10 rings (SSSR count). The molecule has 0 spiro atoms. The summed E-state index contributed by atoms with van der Waals surface area (Å²) in [6.07, 6.45) is -5.50. The fourth-order valence-corrected chi connectivity index (χ4v) is 11.4. The Morgan fingerprint density at radius 1 is 0.614 bits per heavy atom. The van der Waals surface area contributed by atoms with Gasteiger partial charge in [-0.2, -0.15) is 0 Å². The summed E-state index contributed by atoms with van der Waals surface area (Å²) in [6.45, 7) is 11.0. The van der Waals surface area contributed by atoms with E-state index in [1.54, 1.807) is 55.5 Å². The molecule has 0 saturated carbocycles. The number of imidazole rings is 2. The molecule has 2 unspecified atom stereocenters. The summed E-state index contributed by atoms with van der Waals surface area (Å²) in [6, 6.07) is 13.5. The zero-order chi connectivity index (χ0) is 59.2. The van der Waals surface area contributed by atoms with Crippen molar-refractivity contribution in [3.05, 3.63) is 113 Å². The maximum Gasteiger partial charge on any atom is 0.573 e. The van der Waals surface area contributed by atoms with E-state index in [4.69, 9.17) is 24.4 Å². The lowest BCUT2D eigenvalue weighted by Gasteiger charge is -2.34.